The molecule has 2 aliphatic rings. The molecule has 0 aliphatic heterocycles. The van der Waals surface area contributed by atoms with Gasteiger partial charge in [0.1, 0.15) is 5.01 Å². The Morgan fingerprint density at radius 2 is 2.33 bits per heavy atom. The third kappa shape index (κ3) is 3.54. The quantitative estimate of drug-likeness (QED) is 0.842. The van der Waals surface area contributed by atoms with Gasteiger partial charge in [-0.1, -0.05) is 6.42 Å². The Morgan fingerprint density at radius 3 is 2.81 bits per heavy atom. The largest absolute Gasteiger partial charge is 0.337 e. The Bertz CT molecular complexity index is 503. The summed E-state index contributed by atoms with van der Waals surface area (Å²) in [5.74, 6) is 0.569. The normalized spacial score (nSPS) is 21.4. The molecule has 0 spiro atoms. The molecule has 1 heterocycles. The molecule has 0 saturated heterocycles. The van der Waals surface area contributed by atoms with Crippen molar-refractivity contribution in [3.8, 4) is 0 Å². The van der Waals surface area contributed by atoms with Gasteiger partial charge in [0.05, 0.1) is 6.04 Å². The number of rotatable bonds is 6. The van der Waals surface area contributed by atoms with Gasteiger partial charge >= 0.3 is 6.03 Å². The van der Waals surface area contributed by atoms with E-state index in [0.717, 1.165) is 11.6 Å². The fourth-order valence-corrected chi connectivity index (χ4v) is 4.62. The zero-order valence-corrected chi connectivity index (χ0v) is 14.3. The molecule has 2 saturated carbocycles. The van der Waals surface area contributed by atoms with Crippen LogP contribution in [-0.4, -0.2) is 28.6 Å². The van der Waals surface area contributed by atoms with Crippen LogP contribution in [0, 0.1) is 12.8 Å². The molecule has 116 valence electrons. The summed E-state index contributed by atoms with van der Waals surface area (Å²) in [5, 5.41) is 7.26. The Hall–Kier alpha value is -0.750. The van der Waals surface area contributed by atoms with Crippen LogP contribution < -0.4 is 10.6 Å². The fraction of sp³-hybridized carbons (Fsp3) is 0.733. The van der Waals surface area contributed by atoms with Crippen LogP contribution in [-0.2, 0) is 0 Å². The van der Waals surface area contributed by atoms with Crippen LogP contribution in [0.2, 0.25) is 0 Å². The van der Waals surface area contributed by atoms with Crippen molar-refractivity contribution in [1.82, 2.24) is 15.6 Å². The van der Waals surface area contributed by atoms with Crippen LogP contribution in [0.4, 0.5) is 4.79 Å². The van der Waals surface area contributed by atoms with Crippen molar-refractivity contribution in [3.05, 3.63) is 16.1 Å². The molecule has 3 rings (SSSR count). The number of carbonyl (C=O) groups excluding carboxylic acids is 1. The van der Waals surface area contributed by atoms with E-state index in [9.17, 15) is 4.79 Å². The number of aromatic nitrogens is 1. The summed E-state index contributed by atoms with van der Waals surface area (Å²) in [6.07, 6.45) is 10.1. The maximum atomic E-state index is 12.2. The maximum Gasteiger partial charge on any atom is 0.315 e. The number of aryl methyl sites for hydroxylation is 1. The lowest BCUT2D eigenvalue weighted by atomic mass is 9.84. The minimum absolute atomic E-state index is 0.0416. The van der Waals surface area contributed by atoms with Gasteiger partial charge in [0.25, 0.3) is 0 Å². The van der Waals surface area contributed by atoms with E-state index in [0.29, 0.717) is 5.92 Å². The van der Waals surface area contributed by atoms with Crippen molar-refractivity contribution in [2.45, 2.75) is 49.8 Å². The number of amides is 2. The molecule has 6 heteroatoms. The van der Waals surface area contributed by atoms with Crippen molar-refractivity contribution in [1.29, 1.82) is 0 Å². The molecule has 4 nitrogen and oxygen atoms in total. The summed E-state index contributed by atoms with van der Waals surface area (Å²) >= 11 is 3.58. The summed E-state index contributed by atoms with van der Waals surface area (Å²) in [6, 6.07) is 0.0513. The van der Waals surface area contributed by atoms with E-state index in [-0.39, 0.29) is 16.8 Å². The highest BCUT2D eigenvalue weighted by Gasteiger charge is 2.38. The summed E-state index contributed by atoms with van der Waals surface area (Å²) in [4.78, 5) is 17.9. The van der Waals surface area contributed by atoms with E-state index in [1.165, 1.54) is 37.0 Å². The Morgan fingerprint density at radius 1 is 1.57 bits per heavy atom. The van der Waals surface area contributed by atoms with Crippen LogP contribution in [0.5, 0.6) is 0 Å². The Labute approximate surface area is 134 Å². The van der Waals surface area contributed by atoms with Crippen molar-refractivity contribution in [3.63, 3.8) is 0 Å². The van der Waals surface area contributed by atoms with Crippen LogP contribution >= 0.6 is 23.1 Å². The predicted molar refractivity (Wildman–Crippen MR) is 88.9 cm³/mol. The van der Waals surface area contributed by atoms with Crippen LogP contribution in [0.25, 0.3) is 0 Å². The fourth-order valence-electron chi connectivity index (χ4n) is 2.78. The highest BCUT2D eigenvalue weighted by atomic mass is 32.2. The molecule has 0 radical (unpaired) electrons. The lowest BCUT2D eigenvalue weighted by Crippen LogP contribution is -2.48. The third-order valence-electron chi connectivity index (χ3n) is 4.55. The molecule has 1 atom stereocenters. The van der Waals surface area contributed by atoms with E-state index in [4.69, 9.17) is 0 Å². The first-order valence-electron chi connectivity index (χ1n) is 7.64. The van der Waals surface area contributed by atoms with Gasteiger partial charge < -0.3 is 10.6 Å². The molecule has 2 N–H and O–H groups in total. The minimum Gasteiger partial charge on any atom is -0.337 e. The van der Waals surface area contributed by atoms with Gasteiger partial charge in [-0.2, -0.15) is 11.8 Å². The summed E-state index contributed by atoms with van der Waals surface area (Å²) in [5.41, 5.74) is 0. The molecule has 0 unspecified atom stereocenters. The van der Waals surface area contributed by atoms with Crippen LogP contribution in [0.1, 0.15) is 48.0 Å². The Balaban J connectivity index is 1.54. The van der Waals surface area contributed by atoms with E-state index in [2.05, 4.69) is 28.8 Å². The average Bonchev–Trinajstić information content (AvgIpc) is 3.17. The summed E-state index contributed by atoms with van der Waals surface area (Å²) < 4.78 is 0.282. The van der Waals surface area contributed by atoms with Crippen molar-refractivity contribution in [2.24, 2.45) is 5.92 Å². The van der Waals surface area contributed by atoms with Gasteiger partial charge in [0, 0.05) is 22.4 Å². The first-order chi connectivity index (χ1) is 10.1. The first kappa shape index (κ1) is 15.2. The van der Waals surface area contributed by atoms with Gasteiger partial charge in [0.2, 0.25) is 0 Å². The maximum absolute atomic E-state index is 12.2. The molecule has 0 aromatic carbocycles. The van der Waals surface area contributed by atoms with Gasteiger partial charge in [-0.15, -0.1) is 11.3 Å². The number of carbonyl (C=O) groups is 1. The van der Waals surface area contributed by atoms with E-state index < -0.39 is 0 Å². The first-order valence-corrected chi connectivity index (χ1v) is 9.68. The molecule has 1 aromatic rings. The average molecular weight is 326 g/mol. The standard InChI is InChI=1S/C15H23N3OS2/c1-10-8-16-13(21-10)12(11-4-5-11)18-14(19)17-9-15(20-2)6-3-7-15/h8,11-12H,3-7,9H2,1-2H3,(H2,17,18,19)/t12-/m1/s1. The molecule has 0 bridgehead atoms. The second-order valence-corrected chi connectivity index (χ2v) is 8.73. The van der Waals surface area contributed by atoms with Gasteiger partial charge in [-0.25, -0.2) is 9.78 Å². The highest BCUT2D eigenvalue weighted by Crippen LogP contribution is 2.43. The predicted octanol–water partition coefficient (Wildman–Crippen LogP) is 3.49. The van der Waals surface area contributed by atoms with Gasteiger partial charge in [-0.3, -0.25) is 0 Å². The molecule has 2 aliphatic carbocycles. The SMILES string of the molecule is CSC1(CNC(=O)N[C@@H](c2ncc(C)s2)C2CC2)CCC1. The zero-order chi connectivity index (χ0) is 14.9. The van der Waals surface area contributed by atoms with Crippen LogP contribution in [0.3, 0.4) is 0 Å². The number of urea groups is 1. The number of nitrogens with zero attached hydrogens (tertiary/aromatic N) is 1. The van der Waals surface area contributed by atoms with Gasteiger partial charge in [0.15, 0.2) is 0 Å². The topological polar surface area (TPSA) is 54.0 Å². The highest BCUT2D eigenvalue weighted by molar-refractivity contribution is 8.00. The molecule has 21 heavy (non-hydrogen) atoms. The molecule has 2 fully saturated rings. The molecular weight excluding hydrogens is 302 g/mol. The number of hydrogen-bond donors (Lipinski definition) is 2. The van der Waals surface area contributed by atoms with E-state index in [1.54, 1.807) is 11.3 Å². The second kappa shape index (κ2) is 6.16. The van der Waals surface area contributed by atoms with E-state index >= 15 is 0 Å². The van der Waals surface area contributed by atoms with E-state index in [1.807, 2.05) is 18.0 Å². The third-order valence-corrected chi connectivity index (χ3v) is 6.97. The molecule has 1 aromatic heterocycles. The number of thiazole rings is 1. The lowest BCUT2D eigenvalue weighted by Gasteiger charge is -2.40. The molecular formula is C15H23N3OS2. The van der Waals surface area contributed by atoms with Crippen molar-refractivity contribution >= 4 is 29.1 Å². The minimum atomic E-state index is -0.0416. The van der Waals surface area contributed by atoms with Gasteiger partial charge in [-0.05, 0) is 44.8 Å². The summed E-state index contributed by atoms with van der Waals surface area (Å²) in [7, 11) is 0. The van der Waals surface area contributed by atoms with Crippen LogP contribution in [0.15, 0.2) is 6.20 Å². The summed E-state index contributed by atoms with van der Waals surface area (Å²) in [6.45, 7) is 2.83. The monoisotopic (exact) mass is 325 g/mol. The lowest BCUT2D eigenvalue weighted by molar-refractivity contribution is 0.231. The Kier molecular flexibility index (Phi) is 4.45. The smallest absolute Gasteiger partial charge is 0.315 e. The van der Waals surface area contributed by atoms with Crippen molar-refractivity contribution in [2.75, 3.05) is 12.8 Å². The van der Waals surface area contributed by atoms with Crippen molar-refractivity contribution < 1.29 is 4.79 Å². The second-order valence-electron chi connectivity index (χ2n) is 6.19. The molecule has 2 amide bonds. The number of nitrogens with one attached hydrogen (secondary N) is 2. The number of thioether (sulfide) groups is 1. The number of hydrogen-bond acceptors (Lipinski definition) is 4. The zero-order valence-electron chi connectivity index (χ0n) is 12.6.